The zero-order valence-corrected chi connectivity index (χ0v) is 7.85. The molecule has 0 aliphatic rings. The number of hydrogen-bond acceptors (Lipinski definition) is 2. The van der Waals surface area contributed by atoms with Gasteiger partial charge < -0.3 is 5.73 Å². The summed E-state index contributed by atoms with van der Waals surface area (Å²) in [6.45, 7) is 0. The maximum Gasteiger partial charge on any atom is 0.250 e. The van der Waals surface area contributed by atoms with E-state index >= 15 is 0 Å². The number of rotatable bonds is 2. The van der Waals surface area contributed by atoms with E-state index in [1.807, 2.05) is 35.6 Å². The van der Waals surface area contributed by atoms with Gasteiger partial charge in [-0.15, -0.1) is 0 Å². The Labute approximate surface area is 86.2 Å². The van der Waals surface area contributed by atoms with Gasteiger partial charge in [-0.3, -0.25) is 10.1 Å². The Morgan fingerprint density at radius 1 is 1.40 bits per heavy atom. The van der Waals surface area contributed by atoms with E-state index in [-0.39, 0.29) is 0 Å². The van der Waals surface area contributed by atoms with Crippen LogP contribution in [0.25, 0.3) is 6.08 Å². The van der Waals surface area contributed by atoms with E-state index in [1.165, 1.54) is 6.08 Å². The Balaban J connectivity index is 2.55. The van der Waals surface area contributed by atoms with E-state index in [0.717, 1.165) is 5.56 Å². The van der Waals surface area contributed by atoms with Gasteiger partial charge in [0.2, 0.25) is 5.96 Å². The number of nitrogens with two attached hydrogens (primary N) is 1. The lowest BCUT2D eigenvalue weighted by Gasteiger charge is -1.96. The highest BCUT2D eigenvalue weighted by Crippen LogP contribution is 2.00. The van der Waals surface area contributed by atoms with Crippen molar-refractivity contribution in [3.63, 3.8) is 0 Å². The molecule has 0 aromatic heterocycles. The minimum absolute atomic E-state index is 0.530. The average molecular weight is 207 g/mol. The topological polar surface area (TPSA) is 67.5 Å². The van der Waals surface area contributed by atoms with Gasteiger partial charge in [0.1, 0.15) is 0 Å². The second kappa shape index (κ2) is 5.54. The molecule has 0 radical (unpaired) electrons. The summed E-state index contributed by atoms with van der Waals surface area (Å²) in [5.41, 5.74) is 5.82. The fourth-order valence-corrected chi connectivity index (χ4v) is 0.925. The second-order valence-corrected chi connectivity index (χ2v) is 2.70. The lowest BCUT2D eigenvalue weighted by molar-refractivity contribution is -0.115. The Bertz CT molecular complexity index is 387. The summed E-state index contributed by atoms with van der Waals surface area (Å²) < 4.78 is 11.5. The number of halogens is 1. The summed E-state index contributed by atoms with van der Waals surface area (Å²) in [5.74, 6) is -1.09. The number of nitrogens with one attached hydrogen (secondary N) is 1. The number of carbonyl (C=O) groups excluding carboxylic acids is 1. The highest BCUT2D eigenvalue weighted by Gasteiger charge is 1.97. The molecule has 15 heavy (non-hydrogen) atoms. The van der Waals surface area contributed by atoms with Crippen molar-refractivity contribution in [2.24, 2.45) is 10.9 Å². The zero-order valence-electron chi connectivity index (χ0n) is 7.85. The molecule has 0 unspecified atom stereocenters. The standard InChI is InChI=1S/C10H10FN3O/c11-14-10(12)13-9(15)7-6-8-4-2-1-3-5-8/h1-7H,(H3,12,13,14,15). The first-order valence-corrected chi connectivity index (χ1v) is 4.21. The van der Waals surface area contributed by atoms with Crippen LogP contribution < -0.4 is 11.1 Å². The van der Waals surface area contributed by atoms with Gasteiger partial charge >= 0.3 is 0 Å². The van der Waals surface area contributed by atoms with Gasteiger partial charge in [0.25, 0.3) is 5.91 Å². The van der Waals surface area contributed by atoms with E-state index in [2.05, 4.69) is 5.21 Å². The van der Waals surface area contributed by atoms with E-state index in [1.54, 1.807) is 6.08 Å². The summed E-state index contributed by atoms with van der Waals surface area (Å²) in [6.07, 6.45) is 2.83. The number of benzene rings is 1. The number of nitrogens with zero attached hydrogens (tertiary/aromatic N) is 1. The van der Waals surface area contributed by atoms with Crippen LogP contribution in [0.5, 0.6) is 0 Å². The van der Waals surface area contributed by atoms with E-state index in [0.29, 0.717) is 0 Å². The van der Waals surface area contributed by atoms with Crippen molar-refractivity contribution in [2.45, 2.75) is 0 Å². The van der Waals surface area contributed by atoms with Gasteiger partial charge in [-0.25, -0.2) is 0 Å². The number of carbonyl (C=O) groups is 1. The molecule has 1 rings (SSSR count). The Kier molecular flexibility index (Phi) is 4.03. The zero-order chi connectivity index (χ0) is 11.1. The van der Waals surface area contributed by atoms with Crippen LogP contribution in [0.15, 0.2) is 41.6 Å². The molecule has 0 saturated carbocycles. The smallest absolute Gasteiger partial charge is 0.250 e. The molecule has 78 valence electrons. The molecule has 1 aromatic carbocycles. The van der Waals surface area contributed by atoms with Crippen molar-refractivity contribution >= 4 is 17.9 Å². The van der Waals surface area contributed by atoms with Gasteiger partial charge in [0.15, 0.2) is 0 Å². The summed E-state index contributed by atoms with van der Waals surface area (Å²) in [5, 5.41) is 4.14. The highest BCUT2D eigenvalue weighted by atomic mass is 19.2. The van der Waals surface area contributed by atoms with Gasteiger partial charge in [-0.1, -0.05) is 40.0 Å². The monoisotopic (exact) mass is 207 g/mol. The predicted octanol–water partition coefficient (Wildman–Crippen LogP) is 1.02. The largest absolute Gasteiger partial charge is 0.367 e. The summed E-state index contributed by atoms with van der Waals surface area (Å²) >= 11 is 0. The Morgan fingerprint density at radius 2 is 2.07 bits per heavy atom. The Morgan fingerprint density at radius 3 is 2.67 bits per heavy atom. The molecule has 1 amide bonds. The van der Waals surface area contributed by atoms with Crippen molar-refractivity contribution in [1.82, 2.24) is 5.32 Å². The third-order valence-electron chi connectivity index (χ3n) is 1.57. The molecule has 0 heterocycles. The molecule has 0 bridgehead atoms. The fraction of sp³-hybridized carbons (Fsp3) is 0. The molecule has 0 saturated heterocycles. The van der Waals surface area contributed by atoms with Crippen LogP contribution >= 0.6 is 0 Å². The SMILES string of the molecule is NC(=NF)NC(=O)C=Cc1ccccc1. The van der Waals surface area contributed by atoms with Crippen LogP contribution in [0, 0.1) is 0 Å². The quantitative estimate of drug-likeness (QED) is 0.432. The Hall–Kier alpha value is -2.17. The van der Waals surface area contributed by atoms with Gasteiger partial charge in [0, 0.05) is 6.08 Å². The van der Waals surface area contributed by atoms with Crippen LogP contribution in [0.3, 0.4) is 0 Å². The minimum atomic E-state index is -0.558. The third-order valence-corrected chi connectivity index (χ3v) is 1.57. The molecular weight excluding hydrogens is 197 g/mol. The minimum Gasteiger partial charge on any atom is -0.367 e. The van der Waals surface area contributed by atoms with Crippen molar-refractivity contribution in [3.05, 3.63) is 42.0 Å². The van der Waals surface area contributed by atoms with Crippen LogP contribution in [-0.2, 0) is 4.79 Å². The maximum atomic E-state index is 11.5. The molecule has 0 aliphatic carbocycles. The number of guanidine groups is 1. The van der Waals surface area contributed by atoms with E-state index < -0.39 is 11.9 Å². The number of hydrogen-bond donors (Lipinski definition) is 2. The third kappa shape index (κ3) is 4.04. The first-order valence-electron chi connectivity index (χ1n) is 4.21. The molecule has 0 spiro atoms. The number of amides is 1. The van der Waals surface area contributed by atoms with E-state index in [9.17, 15) is 9.28 Å². The molecule has 0 aliphatic heterocycles. The predicted molar refractivity (Wildman–Crippen MR) is 56.3 cm³/mol. The second-order valence-electron chi connectivity index (χ2n) is 2.70. The van der Waals surface area contributed by atoms with Gasteiger partial charge in [-0.05, 0) is 11.6 Å². The maximum absolute atomic E-state index is 11.5. The molecule has 0 fully saturated rings. The van der Waals surface area contributed by atoms with Gasteiger partial charge in [-0.2, -0.15) is 0 Å². The van der Waals surface area contributed by atoms with Crippen LogP contribution in [0.4, 0.5) is 4.48 Å². The summed E-state index contributed by atoms with van der Waals surface area (Å²) in [4.78, 5) is 11.1. The van der Waals surface area contributed by atoms with Crippen molar-refractivity contribution < 1.29 is 9.28 Å². The van der Waals surface area contributed by atoms with Crippen molar-refractivity contribution in [1.29, 1.82) is 0 Å². The molecule has 3 N–H and O–H groups in total. The van der Waals surface area contributed by atoms with Crippen LogP contribution in [0.1, 0.15) is 5.56 Å². The summed E-state index contributed by atoms with van der Waals surface area (Å²) in [7, 11) is 0. The molecule has 1 aromatic rings. The van der Waals surface area contributed by atoms with Gasteiger partial charge in [0.05, 0.1) is 0 Å². The molecule has 0 atom stereocenters. The van der Waals surface area contributed by atoms with E-state index in [4.69, 9.17) is 5.73 Å². The normalized spacial score (nSPS) is 11.7. The fourth-order valence-electron chi connectivity index (χ4n) is 0.925. The average Bonchev–Trinajstić information content (AvgIpc) is 2.27. The van der Waals surface area contributed by atoms with Crippen molar-refractivity contribution in [3.8, 4) is 0 Å². The lowest BCUT2D eigenvalue weighted by Crippen LogP contribution is -2.35. The van der Waals surface area contributed by atoms with Crippen LogP contribution in [-0.4, -0.2) is 11.9 Å². The molecule has 4 nitrogen and oxygen atoms in total. The first kappa shape index (κ1) is 10.9. The molecular formula is C10H10FN3O. The van der Waals surface area contributed by atoms with Crippen molar-refractivity contribution in [2.75, 3.05) is 0 Å². The summed E-state index contributed by atoms with van der Waals surface area (Å²) in [6, 6.07) is 9.21. The molecule has 5 heteroatoms. The lowest BCUT2D eigenvalue weighted by atomic mass is 10.2. The van der Waals surface area contributed by atoms with Crippen LogP contribution in [0.2, 0.25) is 0 Å². The highest BCUT2D eigenvalue weighted by molar-refractivity contribution is 6.03. The first-order chi connectivity index (χ1) is 7.22.